The molecular formula is C26H35F6N3O5. The summed E-state index contributed by atoms with van der Waals surface area (Å²) >= 11 is 0. The number of hydrogen-bond acceptors (Lipinski definition) is 5. The van der Waals surface area contributed by atoms with Crippen LogP contribution in [0.4, 0.5) is 35.9 Å². The van der Waals surface area contributed by atoms with E-state index in [1.807, 2.05) is 6.92 Å². The van der Waals surface area contributed by atoms with Crippen LogP contribution in [0.3, 0.4) is 0 Å². The normalized spacial score (nSPS) is 20.1. The molecule has 0 spiro atoms. The van der Waals surface area contributed by atoms with Crippen LogP contribution in [0.2, 0.25) is 0 Å². The van der Waals surface area contributed by atoms with E-state index in [0.717, 1.165) is 0 Å². The van der Waals surface area contributed by atoms with Crippen LogP contribution in [0.25, 0.3) is 0 Å². The van der Waals surface area contributed by atoms with Gasteiger partial charge in [0.2, 0.25) is 5.91 Å². The molecule has 1 saturated heterocycles. The van der Waals surface area contributed by atoms with E-state index in [9.17, 15) is 40.7 Å². The highest BCUT2D eigenvalue weighted by Crippen LogP contribution is 2.36. The van der Waals surface area contributed by atoms with E-state index in [2.05, 4.69) is 10.6 Å². The van der Waals surface area contributed by atoms with Gasteiger partial charge in [0, 0.05) is 38.0 Å². The van der Waals surface area contributed by atoms with Crippen molar-refractivity contribution in [3.05, 3.63) is 34.9 Å². The van der Waals surface area contributed by atoms with Gasteiger partial charge in [0.15, 0.2) is 0 Å². The molecule has 0 radical (unpaired) electrons. The Morgan fingerprint density at radius 1 is 0.950 bits per heavy atom. The molecule has 226 valence electrons. The van der Waals surface area contributed by atoms with Crippen LogP contribution < -0.4 is 10.6 Å². The zero-order valence-electron chi connectivity index (χ0n) is 23.0. The first-order valence-electron chi connectivity index (χ1n) is 12.8. The third-order valence-electron chi connectivity index (χ3n) is 6.27. The minimum Gasteiger partial charge on any atom is -0.449 e. The molecular weight excluding hydrogens is 548 g/mol. The number of nitrogens with zero attached hydrogens (tertiary/aromatic N) is 1. The molecule has 0 bridgehead atoms. The summed E-state index contributed by atoms with van der Waals surface area (Å²) in [4.78, 5) is 39.1. The maximum atomic E-state index is 13.1. The van der Waals surface area contributed by atoms with Crippen molar-refractivity contribution >= 4 is 18.1 Å². The van der Waals surface area contributed by atoms with Gasteiger partial charge in [0.25, 0.3) is 0 Å². The number of hydrogen-bond donors (Lipinski definition) is 2. The molecule has 0 saturated carbocycles. The molecule has 3 amide bonds. The summed E-state index contributed by atoms with van der Waals surface area (Å²) in [5, 5.41) is 5.15. The molecule has 3 atom stereocenters. The summed E-state index contributed by atoms with van der Waals surface area (Å²) in [6, 6.07) is -0.314. The Labute approximate surface area is 228 Å². The molecule has 0 aromatic heterocycles. The average Bonchev–Trinajstić information content (AvgIpc) is 2.81. The summed E-state index contributed by atoms with van der Waals surface area (Å²) in [6.45, 7) is 6.51. The first-order valence-corrected chi connectivity index (χ1v) is 12.8. The lowest BCUT2D eigenvalue weighted by molar-refractivity contribution is -0.143. The molecule has 8 nitrogen and oxygen atoms in total. The Balaban J connectivity index is 2.09. The lowest BCUT2D eigenvalue weighted by Gasteiger charge is -2.45. The topological polar surface area (TPSA) is 97.0 Å². The summed E-state index contributed by atoms with van der Waals surface area (Å²) in [5.74, 6) is -0.323. The molecule has 2 rings (SSSR count). The van der Waals surface area contributed by atoms with Gasteiger partial charge >= 0.3 is 24.5 Å². The number of alkyl carbamates (subject to hydrolysis) is 1. The summed E-state index contributed by atoms with van der Waals surface area (Å²) in [7, 11) is 1.45. The highest BCUT2D eigenvalue weighted by atomic mass is 19.4. The molecule has 1 aliphatic rings. The van der Waals surface area contributed by atoms with E-state index in [1.54, 1.807) is 20.8 Å². The highest BCUT2D eigenvalue weighted by molar-refractivity contribution is 5.77. The average molecular weight is 584 g/mol. The Bertz CT molecular complexity index is 1020. The Morgan fingerprint density at radius 3 is 1.98 bits per heavy atom. The number of carbonyl (C=O) groups excluding carboxylic acids is 3. The van der Waals surface area contributed by atoms with Crippen molar-refractivity contribution in [3.8, 4) is 0 Å². The molecule has 40 heavy (non-hydrogen) atoms. The van der Waals surface area contributed by atoms with E-state index in [-0.39, 0.29) is 42.8 Å². The van der Waals surface area contributed by atoms with Crippen LogP contribution in [0.15, 0.2) is 18.2 Å². The number of carbonyl (C=O) groups is 3. The monoisotopic (exact) mass is 583 g/mol. The summed E-state index contributed by atoms with van der Waals surface area (Å²) in [6.07, 6.45) is -10.9. The smallest absolute Gasteiger partial charge is 0.416 e. The number of rotatable bonds is 7. The fourth-order valence-corrected chi connectivity index (χ4v) is 4.50. The number of halogens is 6. The van der Waals surface area contributed by atoms with E-state index in [0.29, 0.717) is 25.0 Å². The van der Waals surface area contributed by atoms with Crippen LogP contribution in [0, 0.1) is 0 Å². The van der Waals surface area contributed by atoms with Crippen LogP contribution in [0.1, 0.15) is 70.1 Å². The van der Waals surface area contributed by atoms with Crippen LogP contribution in [0.5, 0.6) is 0 Å². The van der Waals surface area contributed by atoms with Crippen molar-refractivity contribution in [1.29, 1.82) is 0 Å². The molecule has 1 aromatic carbocycles. The van der Waals surface area contributed by atoms with Gasteiger partial charge in [-0.3, -0.25) is 4.79 Å². The lowest BCUT2D eigenvalue weighted by Crippen LogP contribution is -2.58. The third-order valence-corrected chi connectivity index (χ3v) is 6.27. The Kier molecular flexibility index (Phi) is 10.7. The molecule has 1 aromatic rings. The first kappa shape index (κ1) is 33.0. The maximum absolute atomic E-state index is 13.1. The number of benzene rings is 1. The number of likely N-dealkylation sites (tertiary alicyclic amines) is 1. The van der Waals surface area contributed by atoms with E-state index < -0.39 is 60.0 Å². The van der Waals surface area contributed by atoms with E-state index in [4.69, 9.17) is 9.47 Å². The van der Waals surface area contributed by atoms with Crippen molar-refractivity contribution < 1.29 is 50.2 Å². The highest BCUT2D eigenvalue weighted by Gasteiger charge is 2.41. The lowest BCUT2D eigenvalue weighted by atomic mass is 9.88. The largest absolute Gasteiger partial charge is 0.449 e. The minimum absolute atomic E-state index is 0.0279. The molecule has 0 aliphatic carbocycles. The van der Waals surface area contributed by atoms with E-state index in [1.165, 1.54) is 11.9 Å². The van der Waals surface area contributed by atoms with Gasteiger partial charge in [0.1, 0.15) is 5.60 Å². The fourth-order valence-electron chi connectivity index (χ4n) is 4.50. The zero-order valence-corrected chi connectivity index (χ0v) is 23.0. The van der Waals surface area contributed by atoms with Crippen molar-refractivity contribution in [2.24, 2.45) is 0 Å². The van der Waals surface area contributed by atoms with Gasteiger partial charge in [-0.05, 0) is 63.8 Å². The van der Waals surface area contributed by atoms with Crippen molar-refractivity contribution in [2.75, 3.05) is 13.7 Å². The second-order valence-electron chi connectivity index (χ2n) is 10.6. The fraction of sp³-hybridized carbons (Fsp3) is 0.654. The number of nitrogens with one attached hydrogen (secondary N) is 2. The van der Waals surface area contributed by atoms with Gasteiger partial charge in [-0.15, -0.1) is 0 Å². The third kappa shape index (κ3) is 9.77. The van der Waals surface area contributed by atoms with Gasteiger partial charge < -0.3 is 25.0 Å². The molecule has 1 fully saturated rings. The molecule has 1 heterocycles. The zero-order chi connectivity index (χ0) is 30.5. The maximum Gasteiger partial charge on any atom is 0.416 e. The van der Waals surface area contributed by atoms with Crippen LogP contribution in [-0.2, 0) is 33.0 Å². The van der Waals surface area contributed by atoms with Crippen molar-refractivity contribution in [1.82, 2.24) is 15.5 Å². The quantitative estimate of drug-likeness (QED) is 0.403. The molecule has 3 unspecified atom stereocenters. The predicted octanol–water partition coefficient (Wildman–Crippen LogP) is 5.68. The Morgan fingerprint density at radius 2 is 1.50 bits per heavy atom. The minimum atomic E-state index is -4.98. The van der Waals surface area contributed by atoms with Crippen LogP contribution >= 0.6 is 0 Å². The molecule has 2 N–H and O–H groups in total. The standard InChI is InChI=1S/C26H35F6N3O5/c1-6-19-12-18(13-20(14-21(36)33-5)35(19)23(38)40-24(2,3)4)34-22(37)39-8-7-15-9-16(25(27,28)29)11-17(10-15)26(30,31)32/h9-11,18-20H,6-8,12-14H2,1-5H3,(H,33,36)(H,34,37). The van der Waals surface area contributed by atoms with Gasteiger partial charge in [-0.25, -0.2) is 9.59 Å². The number of ether oxygens (including phenoxy) is 2. The summed E-state index contributed by atoms with van der Waals surface area (Å²) in [5.41, 5.74) is -3.97. The number of amides is 3. The Hall–Kier alpha value is -3.19. The number of piperidine rings is 1. The van der Waals surface area contributed by atoms with Crippen molar-refractivity contribution in [3.63, 3.8) is 0 Å². The van der Waals surface area contributed by atoms with E-state index >= 15 is 0 Å². The van der Waals surface area contributed by atoms with Crippen LogP contribution in [-0.4, -0.2) is 60.4 Å². The predicted molar refractivity (Wildman–Crippen MR) is 132 cm³/mol. The van der Waals surface area contributed by atoms with Gasteiger partial charge in [0.05, 0.1) is 17.7 Å². The number of alkyl halides is 6. The second-order valence-corrected chi connectivity index (χ2v) is 10.6. The second kappa shape index (κ2) is 13.0. The molecule has 1 aliphatic heterocycles. The summed E-state index contributed by atoms with van der Waals surface area (Å²) < 4.78 is 89.1. The SMILES string of the molecule is CCC1CC(NC(=O)OCCc2cc(C(F)(F)F)cc(C(F)(F)F)c2)CC(CC(=O)NC)N1C(=O)OC(C)(C)C. The molecule has 14 heteroatoms. The van der Waals surface area contributed by atoms with Gasteiger partial charge in [-0.1, -0.05) is 6.92 Å². The van der Waals surface area contributed by atoms with Gasteiger partial charge in [-0.2, -0.15) is 26.3 Å². The van der Waals surface area contributed by atoms with Crippen molar-refractivity contribution in [2.45, 2.75) is 95.9 Å². The first-order chi connectivity index (χ1) is 18.3.